The molecule has 1 aliphatic rings. The van der Waals surface area contributed by atoms with Crippen LogP contribution >= 0.6 is 0 Å². The number of likely N-dealkylation sites (tertiary alicyclic amines) is 1. The molecule has 0 radical (unpaired) electrons. The average Bonchev–Trinajstić information content (AvgIpc) is 3.36. The highest BCUT2D eigenvalue weighted by atomic mass is 16.5. The summed E-state index contributed by atoms with van der Waals surface area (Å²) in [6.07, 6.45) is 8.38. The highest BCUT2D eigenvalue weighted by molar-refractivity contribution is 5.79. The summed E-state index contributed by atoms with van der Waals surface area (Å²) in [5.41, 5.74) is 3.61. The van der Waals surface area contributed by atoms with E-state index in [-0.39, 0.29) is 0 Å². The molecule has 1 saturated heterocycles. The van der Waals surface area contributed by atoms with Gasteiger partial charge in [0.25, 0.3) is 0 Å². The number of nitrogens with zero attached hydrogens (tertiary/aromatic N) is 4. The van der Waals surface area contributed by atoms with E-state index in [2.05, 4.69) is 35.5 Å². The molecule has 9 heteroatoms. The number of ether oxygens (including phenoxy) is 2. The zero-order chi connectivity index (χ0) is 23.9. The third kappa shape index (κ3) is 5.99. The lowest BCUT2D eigenvalue weighted by Gasteiger charge is -2.26. The van der Waals surface area contributed by atoms with Crippen LogP contribution in [0.25, 0.3) is 11.0 Å². The molecule has 0 atom stereocenters. The summed E-state index contributed by atoms with van der Waals surface area (Å²) < 4.78 is 11.6. The molecule has 4 aromatic rings. The standard InChI is InChI=1S/C26H31N7O2/c1-34-24-17-20(7-9-23(24)35-15-5-14-33-12-3-2-4-13-33)31-26-27-11-10-25(32-26)30-19-6-8-21-22(16-19)29-18-28-21/h6-11,16-18H,2-5,12-15H2,1H3,(H,28,29)(H2,27,30,31,32). The summed E-state index contributed by atoms with van der Waals surface area (Å²) in [6.45, 7) is 4.17. The van der Waals surface area contributed by atoms with Crippen LogP contribution in [0, 0.1) is 0 Å². The van der Waals surface area contributed by atoms with Crippen LogP contribution in [-0.2, 0) is 0 Å². The molecule has 1 aliphatic heterocycles. The first-order valence-electron chi connectivity index (χ1n) is 12.1. The van der Waals surface area contributed by atoms with Crippen molar-refractivity contribution in [1.29, 1.82) is 0 Å². The van der Waals surface area contributed by atoms with E-state index in [1.807, 2.05) is 42.5 Å². The van der Waals surface area contributed by atoms with Crippen LogP contribution in [-0.4, -0.2) is 58.2 Å². The molecular weight excluding hydrogens is 442 g/mol. The summed E-state index contributed by atoms with van der Waals surface area (Å²) in [5, 5.41) is 6.56. The fourth-order valence-corrected chi connectivity index (χ4v) is 4.30. The monoisotopic (exact) mass is 473 g/mol. The molecule has 9 nitrogen and oxygen atoms in total. The molecule has 0 aliphatic carbocycles. The van der Waals surface area contributed by atoms with Gasteiger partial charge in [-0.1, -0.05) is 6.42 Å². The third-order valence-electron chi connectivity index (χ3n) is 6.09. The maximum absolute atomic E-state index is 6.01. The molecule has 3 heterocycles. The van der Waals surface area contributed by atoms with Crippen LogP contribution in [0.2, 0.25) is 0 Å². The molecule has 2 aromatic heterocycles. The van der Waals surface area contributed by atoms with Crippen molar-refractivity contribution in [2.24, 2.45) is 0 Å². The Balaban J connectivity index is 1.18. The zero-order valence-corrected chi connectivity index (χ0v) is 20.0. The average molecular weight is 474 g/mol. The van der Waals surface area contributed by atoms with Crippen molar-refractivity contribution in [3.05, 3.63) is 55.0 Å². The second-order valence-corrected chi connectivity index (χ2v) is 8.62. The summed E-state index contributed by atoms with van der Waals surface area (Å²) >= 11 is 0. The number of nitrogens with one attached hydrogen (secondary N) is 3. The summed E-state index contributed by atoms with van der Waals surface area (Å²) in [5.74, 6) is 2.58. The van der Waals surface area contributed by atoms with Crippen LogP contribution in [0.5, 0.6) is 11.5 Å². The highest BCUT2D eigenvalue weighted by Gasteiger charge is 2.11. The lowest BCUT2D eigenvalue weighted by Crippen LogP contribution is -2.31. The second-order valence-electron chi connectivity index (χ2n) is 8.62. The lowest BCUT2D eigenvalue weighted by atomic mass is 10.1. The van der Waals surface area contributed by atoms with Crippen molar-refractivity contribution in [2.75, 3.05) is 44.0 Å². The maximum Gasteiger partial charge on any atom is 0.229 e. The largest absolute Gasteiger partial charge is 0.493 e. The number of hydrogen-bond donors (Lipinski definition) is 3. The topological polar surface area (TPSA) is 100 Å². The Morgan fingerprint density at radius 1 is 0.943 bits per heavy atom. The van der Waals surface area contributed by atoms with Crippen molar-refractivity contribution in [1.82, 2.24) is 24.8 Å². The Kier molecular flexibility index (Phi) is 7.24. The first-order valence-corrected chi connectivity index (χ1v) is 12.1. The molecular formula is C26H31N7O2. The Morgan fingerprint density at radius 3 is 2.69 bits per heavy atom. The Hall–Kier alpha value is -3.85. The summed E-state index contributed by atoms with van der Waals surface area (Å²) in [6, 6.07) is 13.5. The van der Waals surface area contributed by atoms with E-state index in [4.69, 9.17) is 9.47 Å². The minimum atomic E-state index is 0.481. The number of H-pyrrole nitrogens is 1. The first kappa shape index (κ1) is 22.9. The number of piperidine rings is 1. The van der Waals surface area contributed by atoms with Crippen LogP contribution in [0.4, 0.5) is 23.1 Å². The second kappa shape index (κ2) is 11.1. The molecule has 0 unspecified atom stereocenters. The molecule has 182 valence electrons. The van der Waals surface area contributed by atoms with E-state index in [0.717, 1.165) is 41.1 Å². The third-order valence-corrected chi connectivity index (χ3v) is 6.09. The quantitative estimate of drug-likeness (QED) is 0.274. The number of imidazole rings is 1. The van der Waals surface area contributed by atoms with Gasteiger partial charge in [-0.05, 0) is 68.8 Å². The van der Waals surface area contributed by atoms with Crippen molar-refractivity contribution in [3.63, 3.8) is 0 Å². The van der Waals surface area contributed by atoms with Crippen LogP contribution < -0.4 is 20.1 Å². The molecule has 0 saturated carbocycles. The minimum Gasteiger partial charge on any atom is -0.493 e. The number of benzene rings is 2. The van der Waals surface area contributed by atoms with Crippen LogP contribution in [0.15, 0.2) is 55.0 Å². The maximum atomic E-state index is 6.01. The lowest BCUT2D eigenvalue weighted by molar-refractivity contribution is 0.203. The Bertz CT molecular complexity index is 1250. The van der Waals surface area contributed by atoms with Gasteiger partial charge in [-0.3, -0.25) is 0 Å². The summed E-state index contributed by atoms with van der Waals surface area (Å²) in [4.78, 5) is 18.8. The van der Waals surface area contributed by atoms with E-state index in [9.17, 15) is 0 Å². The molecule has 3 N–H and O–H groups in total. The van der Waals surface area contributed by atoms with Crippen molar-refractivity contribution >= 4 is 34.2 Å². The number of aromatic amines is 1. The number of fused-ring (bicyclic) bond motifs is 1. The first-order chi connectivity index (χ1) is 17.3. The van der Waals surface area contributed by atoms with Gasteiger partial charge in [0, 0.05) is 30.2 Å². The summed E-state index contributed by atoms with van der Waals surface area (Å²) in [7, 11) is 1.65. The fraction of sp³-hybridized carbons (Fsp3) is 0.346. The molecule has 1 fully saturated rings. The molecule has 2 aromatic carbocycles. The fourth-order valence-electron chi connectivity index (χ4n) is 4.30. The molecule has 0 amide bonds. The van der Waals surface area contributed by atoms with Gasteiger partial charge in [-0.2, -0.15) is 4.98 Å². The van der Waals surface area contributed by atoms with Crippen LogP contribution in [0.3, 0.4) is 0 Å². The number of methoxy groups -OCH3 is 1. The zero-order valence-electron chi connectivity index (χ0n) is 20.0. The molecule has 0 bridgehead atoms. The predicted molar refractivity (Wildman–Crippen MR) is 138 cm³/mol. The SMILES string of the molecule is COc1cc(Nc2nccc(Nc3ccc4nc[nH]c4c3)n2)ccc1OCCCN1CCCCC1. The van der Waals surface area contributed by atoms with E-state index >= 15 is 0 Å². The normalized spacial score (nSPS) is 14.1. The van der Waals surface area contributed by atoms with Crippen LogP contribution in [0.1, 0.15) is 25.7 Å². The number of anilines is 4. The minimum absolute atomic E-state index is 0.481. The molecule has 0 spiro atoms. The number of aromatic nitrogens is 4. The Morgan fingerprint density at radius 2 is 1.80 bits per heavy atom. The predicted octanol–water partition coefficient (Wildman–Crippen LogP) is 5.10. The van der Waals surface area contributed by atoms with E-state index < -0.39 is 0 Å². The van der Waals surface area contributed by atoms with Gasteiger partial charge < -0.3 is 30.0 Å². The number of hydrogen-bond acceptors (Lipinski definition) is 8. The van der Waals surface area contributed by atoms with Gasteiger partial charge in [0.15, 0.2) is 11.5 Å². The smallest absolute Gasteiger partial charge is 0.229 e. The van der Waals surface area contributed by atoms with E-state index in [1.54, 1.807) is 19.6 Å². The van der Waals surface area contributed by atoms with Gasteiger partial charge in [-0.25, -0.2) is 9.97 Å². The van der Waals surface area contributed by atoms with Crippen molar-refractivity contribution < 1.29 is 9.47 Å². The van der Waals surface area contributed by atoms with Crippen molar-refractivity contribution in [3.8, 4) is 11.5 Å². The van der Waals surface area contributed by atoms with E-state index in [0.29, 0.717) is 24.1 Å². The van der Waals surface area contributed by atoms with Crippen molar-refractivity contribution in [2.45, 2.75) is 25.7 Å². The highest BCUT2D eigenvalue weighted by Crippen LogP contribution is 2.31. The molecule has 35 heavy (non-hydrogen) atoms. The molecule has 5 rings (SSSR count). The Labute approximate surface area is 204 Å². The number of rotatable bonds is 10. The van der Waals surface area contributed by atoms with Gasteiger partial charge in [0.05, 0.1) is 31.1 Å². The van der Waals surface area contributed by atoms with Gasteiger partial charge in [0.1, 0.15) is 5.82 Å². The van der Waals surface area contributed by atoms with Gasteiger partial charge in [0.2, 0.25) is 5.95 Å². The van der Waals surface area contributed by atoms with Gasteiger partial charge >= 0.3 is 0 Å². The van der Waals surface area contributed by atoms with E-state index in [1.165, 1.54) is 32.4 Å². The van der Waals surface area contributed by atoms with Gasteiger partial charge in [-0.15, -0.1) is 0 Å².